The van der Waals surface area contributed by atoms with Crippen LogP contribution in [-0.2, 0) is 15.3 Å². The number of anilines is 1. The van der Waals surface area contributed by atoms with Crippen molar-refractivity contribution in [2.45, 2.75) is 18.5 Å². The summed E-state index contributed by atoms with van der Waals surface area (Å²) in [6.07, 6.45) is -0.0112. The molecule has 3 aromatic rings. The summed E-state index contributed by atoms with van der Waals surface area (Å²) in [5.41, 5.74) is -1.50. The Balaban J connectivity index is 1.87. The molecule has 9 heteroatoms. The van der Waals surface area contributed by atoms with Gasteiger partial charge in [0.05, 0.1) is 5.69 Å². The second-order valence-corrected chi connectivity index (χ2v) is 6.88. The summed E-state index contributed by atoms with van der Waals surface area (Å²) in [6.45, 7) is 0. The highest BCUT2D eigenvalue weighted by Crippen LogP contribution is 2.47. The van der Waals surface area contributed by atoms with E-state index in [0.29, 0.717) is 16.8 Å². The first-order valence-electron chi connectivity index (χ1n) is 8.87. The third kappa shape index (κ3) is 2.21. The Morgan fingerprint density at radius 1 is 1.10 bits per heavy atom. The average molecular weight is 392 g/mol. The molecule has 29 heavy (non-hydrogen) atoms. The zero-order chi connectivity index (χ0) is 20.3. The van der Waals surface area contributed by atoms with E-state index in [1.54, 1.807) is 24.3 Å². The van der Waals surface area contributed by atoms with E-state index < -0.39 is 23.0 Å². The number of aromatic nitrogens is 3. The summed E-state index contributed by atoms with van der Waals surface area (Å²) in [7, 11) is 0. The van der Waals surface area contributed by atoms with Gasteiger partial charge < -0.3 is 5.11 Å². The first-order chi connectivity index (χ1) is 13.9. The van der Waals surface area contributed by atoms with Crippen LogP contribution in [0.3, 0.4) is 0 Å². The van der Waals surface area contributed by atoms with Crippen LogP contribution in [0.25, 0.3) is 22.6 Å². The number of benzene rings is 2. The third-order valence-corrected chi connectivity index (χ3v) is 5.31. The van der Waals surface area contributed by atoms with Crippen LogP contribution in [0.5, 0.6) is 0 Å². The summed E-state index contributed by atoms with van der Waals surface area (Å²) >= 11 is 0. The van der Waals surface area contributed by atoms with Crippen LogP contribution in [-0.4, -0.2) is 31.7 Å². The highest BCUT2D eigenvalue weighted by Gasteiger charge is 2.58. The number of carbonyl (C=O) groups excluding carboxylic acids is 1. The molecule has 1 N–H and O–H groups in total. The van der Waals surface area contributed by atoms with Gasteiger partial charge in [-0.25, -0.2) is 13.9 Å². The van der Waals surface area contributed by atoms with Crippen LogP contribution in [0, 0.1) is 5.82 Å². The van der Waals surface area contributed by atoms with E-state index in [9.17, 15) is 23.9 Å². The van der Waals surface area contributed by atoms with Gasteiger partial charge in [0.2, 0.25) is 11.6 Å². The minimum atomic E-state index is -1.82. The highest BCUT2D eigenvalue weighted by molar-refractivity contribution is 6.07. The van der Waals surface area contributed by atoms with Gasteiger partial charge in [0.15, 0.2) is 11.5 Å². The molecule has 1 aromatic heterocycles. The van der Waals surface area contributed by atoms with Crippen LogP contribution in [0.2, 0.25) is 0 Å². The maximum Gasteiger partial charge on any atom is 0.353 e. The van der Waals surface area contributed by atoms with E-state index in [-0.39, 0.29) is 30.3 Å². The molecule has 0 spiro atoms. The van der Waals surface area contributed by atoms with E-state index >= 15 is 0 Å². The molecular weight excluding hydrogens is 379 g/mol. The van der Waals surface area contributed by atoms with Crippen molar-refractivity contribution in [3.05, 3.63) is 64.7 Å². The van der Waals surface area contributed by atoms with E-state index in [1.165, 1.54) is 29.2 Å². The summed E-state index contributed by atoms with van der Waals surface area (Å²) in [4.78, 5) is 43.1. The summed E-state index contributed by atoms with van der Waals surface area (Å²) in [5.74, 6) is -2.04. The van der Waals surface area contributed by atoms with Gasteiger partial charge in [0, 0.05) is 24.0 Å². The normalized spacial score (nSPS) is 19.5. The number of halogens is 1. The van der Waals surface area contributed by atoms with Crippen LogP contribution >= 0.6 is 0 Å². The summed E-state index contributed by atoms with van der Waals surface area (Å²) < 4.78 is 14.4. The Hall–Kier alpha value is -3.88. The molecule has 1 atom stereocenters. The Morgan fingerprint density at radius 3 is 2.55 bits per heavy atom. The number of hydrogen-bond acceptors (Lipinski definition) is 5. The zero-order valence-electron chi connectivity index (χ0n) is 14.9. The number of amides is 1. The molecule has 2 aromatic carbocycles. The third-order valence-electron chi connectivity index (χ3n) is 5.31. The lowest BCUT2D eigenvalue weighted by atomic mass is 10.00. The lowest BCUT2D eigenvalue weighted by Gasteiger charge is -2.41. The second-order valence-electron chi connectivity index (χ2n) is 6.88. The lowest BCUT2D eigenvalue weighted by Crippen LogP contribution is -2.58. The van der Waals surface area contributed by atoms with Crippen LogP contribution < -0.4 is 10.5 Å². The Kier molecular flexibility index (Phi) is 3.45. The Bertz CT molecular complexity index is 1250. The number of hydrogen-bond donors (Lipinski definition) is 1. The fourth-order valence-electron chi connectivity index (χ4n) is 4.00. The minimum Gasteiger partial charge on any atom is -0.478 e. The van der Waals surface area contributed by atoms with Crippen LogP contribution in [0.1, 0.15) is 12.8 Å². The molecule has 8 nitrogen and oxygen atoms in total. The molecule has 144 valence electrons. The number of carbonyl (C=O) groups is 2. The second kappa shape index (κ2) is 5.81. The van der Waals surface area contributed by atoms with E-state index in [2.05, 4.69) is 10.1 Å². The van der Waals surface area contributed by atoms with Crippen molar-refractivity contribution in [2.75, 3.05) is 4.90 Å². The number of fused-ring (bicyclic) bond motifs is 6. The number of carboxylic acid groups (broad SMARTS) is 1. The number of nitrogens with zero attached hydrogens (tertiary/aromatic N) is 4. The average Bonchev–Trinajstić information content (AvgIpc) is 3.07. The van der Waals surface area contributed by atoms with E-state index in [0.717, 1.165) is 4.68 Å². The molecule has 1 unspecified atom stereocenters. The van der Waals surface area contributed by atoms with E-state index in [4.69, 9.17) is 0 Å². The van der Waals surface area contributed by atoms with Gasteiger partial charge in [-0.2, -0.15) is 10.1 Å². The van der Waals surface area contributed by atoms with Crippen molar-refractivity contribution < 1.29 is 19.1 Å². The molecule has 0 bridgehead atoms. The van der Waals surface area contributed by atoms with Crippen LogP contribution in [0.4, 0.5) is 10.1 Å². The van der Waals surface area contributed by atoms with Gasteiger partial charge in [0.25, 0.3) is 5.56 Å². The molecule has 0 radical (unpaired) electrons. The Labute approximate surface area is 162 Å². The topological polar surface area (TPSA) is 105 Å². The lowest BCUT2D eigenvalue weighted by molar-refractivity contribution is -0.148. The van der Waals surface area contributed by atoms with Crippen molar-refractivity contribution >= 4 is 17.6 Å². The van der Waals surface area contributed by atoms with Crippen LogP contribution in [0.15, 0.2) is 53.3 Å². The van der Waals surface area contributed by atoms with E-state index in [1.807, 2.05) is 0 Å². The predicted molar refractivity (Wildman–Crippen MR) is 99.5 cm³/mol. The molecule has 1 amide bonds. The number of rotatable bonds is 2. The molecule has 0 aliphatic carbocycles. The summed E-state index contributed by atoms with van der Waals surface area (Å²) in [5, 5.41) is 14.5. The van der Waals surface area contributed by atoms with Gasteiger partial charge in [-0.1, -0.05) is 12.1 Å². The molecule has 3 heterocycles. The molecular formula is C20H13FN4O4. The maximum absolute atomic E-state index is 13.3. The van der Waals surface area contributed by atoms with Crippen molar-refractivity contribution in [3.63, 3.8) is 0 Å². The quantitative estimate of drug-likeness (QED) is 0.715. The van der Waals surface area contributed by atoms with Gasteiger partial charge in [-0.3, -0.25) is 14.5 Å². The number of para-hydroxylation sites is 1. The fraction of sp³-hybridized carbons (Fsp3) is 0.150. The molecule has 5 rings (SSSR count). The minimum absolute atomic E-state index is 0.0137. The van der Waals surface area contributed by atoms with Crippen molar-refractivity contribution in [1.29, 1.82) is 0 Å². The number of aliphatic carboxylic acids is 1. The van der Waals surface area contributed by atoms with Crippen molar-refractivity contribution in [1.82, 2.24) is 14.8 Å². The van der Waals surface area contributed by atoms with Gasteiger partial charge in [0.1, 0.15) is 5.82 Å². The predicted octanol–water partition coefficient (Wildman–Crippen LogP) is 1.99. The standard InChI is InChI=1S/C20H13FN4O4/c21-12-7-5-11(6-8-12)16-18(27)22-17-13-3-1-2-4-14(13)24-15(26)9-10-20(24,19(28)29)25(17)23-16/h1-8H,9-10H2,(H,28,29). The monoisotopic (exact) mass is 392 g/mol. The van der Waals surface area contributed by atoms with Crippen molar-refractivity contribution in [3.8, 4) is 22.6 Å². The molecule has 2 aliphatic rings. The number of carboxylic acids is 1. The smallest absolute Gasteiger partial charge is 0.353 e. The first-order valence-corrected chi connectivity index (χ1v) is 8.87. The van der Waals surface area contributed by atoms with Gasteiger partial charge >= 0.3 is 5.97 Å². The van der Waals surface area contributed by atoms with Gasteiger partial charge in [-0.15, -0.1) is 0 Å². The van der Waals surface area contributed by atoms with Gasteiger partial charge in [-0.05, 0) is 36.4 Å². The summed E-state index contributed by atoms with van der Waals surface area (Å²) in [6, 6.07) is 11.8. The zero-order valence-corrected chi connectivity index (χ0v) is 14.9. The molecule has 0 saturated carbocycles. The molecule has 1 saturated heterocycles. The molecule has 2 aliphatic heterocycles. The largest absolute Gasteiger partial charge is 0.478 e. The Morgan fingerprint density at radius 2 is 1.83 bits per heavy atom. The maximum atomic E-state index is 13.3. The molecule has 1 fully saturated rings. The highest BCUT2D eigenvalue weighted by atomic mass is 19.1. The fourth-order valence-corrected chi connectivity index (χ4v) is 4.00. The SMILES string of the molecule is O=C1CCC2(C(=O)O)N1c1ccccc1-c1nc(=O)c(-c3ccc(F)cc3)nn12. The first kappa shape index (κ1) is 17.2. The van der Waals surface area contributed by atoms with Crippen molar-refractivity contribution in [2.24, 2.45) is 0 Å².